The van der Waals surface area contributed by atoms with E-state index < -0.39 is 0 Å². The molecule has 48 heavy (non-hydrogen) atoms. The van der Waals surface area contributed by atoms with Crippen molar-refractivity contribution in [2.75, 3.05) is 0 Å². The summed E-state index contributed by atoms with van der Waals surface area (Å²) in [5, 5.41) is 7.60. The normalized spacial score (nSPS) is 13.8. The fraction of sp³-hybridized carbons (Fsp3) is 0.130. The van der Waals surface area contributed by atoms with Gasteiger partial charge in [-0.2, -0.15) is 0 Å². The molecule has 2 heteroatoms. The molecule has 1 aliphatic carbocycles. The minimum atomic E-state index is 0.672. The summed E-state index contributed by atoms with van der Waals surface area (Å²) >= 11 is 0. The first-order valence-corrected chi connectivity index (χ1v) is 17.3. The number of hydrogen-bond acceptors (Lipinski definition) is 2. The molecule has 0 N–H and O–H groups in total. The van der Waals surface area contributed by atoms with E-state index >= 15 is 0 Å². The van der Waals surface area contributed by atoms with Gasteiger partial charge in [-0.25, -0.2) is 4.98 Å². The Morgan fingerprint density at radius 2 is 1.02 bits per heavy atom. The molecule has 2 aromatic heterocycles. The van der Waals surface area contributed by atoms with E-state index in [2.05, 4.69) is 132 Å². The molecule has 1 aliphatic rings. The fourth-order valence-electron chi connectivity index (χ4n) is 7.97. The van der Waals surface area contributed by atoms with Crippen molar-refractivity contribution in [2.45, 2.75) is 38.0 Å². The first-order valence-electron chi connectivity index (χ1n) is 17.3. The van der Waals surface area contributed by atoms with Gasteiger partial charge in [0.25, 0.3) is 0 Å². The number of fused-ring (bicyclic) bond motifs is 3. The highest BCUT2D eigenvalue weighted by molar-refractivity contribution is 6.21. The van der Waals surface area contributed by atoms with E-state index in [0.717, 1.165) is 22.5 Å². The van der Waals surface area contributed by atoms with Gasteiger partial charge in [-0.05, 0) is 115 Å². The molecule has 0 radical (unpaired) electrons. The zero-order valence-corrected chi connectivity index (χ0v) is 26.9. The molecular formula is C46H36N2. The van der Waals surface area contributed by atoms with Gasteiger partial charge in [0.1, 0.15) is 0 Å². The average Bonchev–Trinajstić information content (AvgIpc) is 3.17. The molecule has 1 fully saturated rings. The van der Waals surface area contributed by atoms with Crippen molar-refractivity contribution >= 4 is 32.3 Å². The summed E-state index contributed by atoms with van der Waals surface area (Å²) in [6.07, 6.45) is 10.3. The monoisotopic (exact) mass is 616 g/mol. The van der Waals surface area contributed by atoms with Crippen LogP contribution in [0.1, 0.15) is 43.6 Å². The number of pyridine rings is 2. The fourth-order valence-corrected chi connectivity index (χ4v) is 7.97. The maximum Gasteiger partial charge on any atom is 0.0725 e. The van der Waals surface area contributed by atoms with Crippen molar-refractivity contribution in [2.24, 2.45) is 0 Å². The Balaban J connectivity index is 1.20. The van der Waals surface area contributed by atoms with Crippen molar-refractivity contribution in [3.8, 4) is 44.8 Å². The van der Waals surface area contributed by atoms with Gasteiger partial charge in [-0.1, -0.05) is 122 Å². The van der Waals surface area contributed by atoms with Crippen LogP contribution in [-0.4, -0.2) is 9.97 Å². The summed E-state index contributed by atoms with van der Waals surface area (Å²) in [5.41, 5.74) is 10.7. The molecule has 6 aromatic carbocycles. The maximum atomic E-state index is 5.02. The molecule has 2 heterocycles. The maximum absolute atomic E-state index is 5.02. The van der Waals surface area contributed by atoms with Crippen molar-refractivity contribution in [3.05, 3.63) is 157 Å². The van der Waals surface area contributed by atoms with Gasteiger partial charge in [0.15, 0.2) is 0 Å². The predicted molar refractivity (Wildman–Crippen MR) is 202 cm³/mol. The Labute approximate surface area is 281 Å². The lowest BCUT2D eigenvalue weighted by Gasteiger charge is -2.23. The van der Waals surface area contributed by atoms with Crippen LogP contribution in [0.3, 0.4) is 0 Å². The number of nitrogens with zero attached hydrogens (tertiary/aromatic N) is 2. The second-order valence-electron chi connectivity index (χ2n) is 13.2. The summed E-state index contributed by atoms with van der Waals surface area (Å²) < 4.78 is 0. The van der Waals surface area contributed by atoms with E-state index in [4.69, 9.17) is 4.98 Å². The molecule has 0 unspecified atom stereocenters. The minimum absolute atomic E-state index is 0.672. The van der Waals surface area contributed by atoms with Gasteiger partial charge >= 0.3 is 0 Å². The summed E-state index contributed by atoms with van der Waals surface area (Å²) in [6.45, 7) is 0. The molecule has 8 aromatic rings. The van der Waals surface area contributed by atoms with Crippen molar-refractivity contribution in [1.29, 1.82) is 0 Å². The summed E-state index contributed by atoms with van der Waals surface area (Å²) in [7, 11) is 0. The van der Waals surface area contributed by atoms with E-state index in [9.17, 15) is 0 Å². The molecule has 9 rings (SSSR count). The van der Waals surface area contributed by atoms with Gasteiger partial charge < -0.3 is 0 Å². The number of aromatic nitrogens is 2. The van der Waals surface area contributed by atoms with E-state index in [1.807, 2.05) is 18.3 Å². The molecular weight excluding hydrogens is 581 g/mol. The van der Waals surface area contributed by atoms with Crippen LogP contribution in [-0.2, 0) is 0 Å². The molecule has 2 nitrogen and oxygen atoms in total. The third-order valence-corrected chi connectivity index (χ3v) is 10.3. The Morgan fingerprint density at radius 1 is 0.438 bits per heavy atom. The lowest BCUT2D eigenvalue weighted by atomic mass is 9.81. The van der Waals surface area contributed by atoms with Crippen LogP contribution in [0.15, 0.2) is 152 Å². The lowest BCUT2D eigenvalue weighted by molar-refractivity contribution is 0.444. The second kappa shape index (κ2) is 12.2. The first-order chi connectivity index (χ1) is 23.8. The zero-order chi connectivity index (χ0) is 31.9. The van der Waals surface area contributed by atoms with Crippen LogP contribution in [0.5, 0.6) is 0 Å². The second-order valence-corrected chi connectivity index (χ2v) is 13.2. The molecule has 0 bridgehead atoms. The molecule has 230 valence electrons. The van der Waals surface area contributed by atoms with Gasteiger partial charge in [-0.15, -0.1) is 0 Å². The van der Waals surface area contributed by atoms with Crippen LogP contribution >= 0.6 is 0 Å². The van der Waals surface area contributed by atoms with Crippen molar-refractivity contribution in [1.82, 2.24) is 9.97 Å². The van der Waals surface area contributed by atoms with Crippen LogP contribution in [0.25, 0.3) is 77.1 Å². The Hall–Kier alpha value is -5.60. The van der Waals surface area contributed by atoms with E-state index in [0.29, 0.717) is 5.92 Å². The molecule has 0 spiro atoms. The SMILES string of the molecule is c1cncc(-c2cccc(-c3ccc4ccc(-c5c6ccccc6c(-c6cccc(C7CCCCC7)c6)c6ccccc56)cc4c3)n2)c1. The molecule has 1 saturated carbocycles. The van der Waals surface area contributed by atoms with Crippen LogP contribution in [0, 0.1) is 0 Å². The third kappa shape index (κ3) is 5.15. The van der Waals surface area contributed by atoms with E-state index in [-0.39, 0.29) is 0 Å². The zero-order valence-electron chi connectivity index (χ0n) is 26.9. The van der Waals surface area contributed by atoms with Gasteiger partial charge in [0.2, 0.25) is 0 Å². The Bertz CT molecular complexity index is 2380. The van der Waals surface area contributed by atoms with Gasteiger partial charge in [-0.3, -0.25) is 4.98 Å². The number of hydrogen-bond donors (Lipinski definition) is 0. The average molecular weight is 617 g/mol. The molecule has 0 aliphatic heterocycles. The Morgan fingerprint density at radius 3 is 1.69 bits per heavy atom. The standard InChI is InChI=1S/C46H36N2/c1-2-11-31(12-3-1)33-13-8-14-35(27-33)45-39-16-4-6-18-41(39)46(42-19-7-5-17-40(42)45)36-25-23-32-22-24-34(28-38(32)29-36)43-20-9-21-44(48-43)37-15-10-26-47-30-37/h4-10,13-31H,1-3,11-12H2. The highest BCUT2D eigenvalue weighted by Gasteiger charge is 2.19. The lowest BCUT2D eigenvalue weighted by Crippen LogP contribution is -2.04. The van der Waals surface area contributed by atoms with Gasteiger partial charge in [0.05, 0.1) is 11.4 Å². The molecule has 0 atom stereocenters. The van der Waals surface area contributed by atoms with Crippen LogP contribution < -0.4 is 0 Å². The largest absolute Gasteiger partial charge is 0.264 e. The first kappa shape index (κ1) is 28.6. The predicted octanol–water partition coefficient (Wildman–Crippen LogP) is 12.7. The topological polar surface area (TPSA) is 25.8 Å². The number of rotatable bonds is 5. The van der Waals surface area contributed by atoms with Gasteiger partial charge in [0, 0.05) is 23.5 Å². The van der Waals surface area contributed by atoms with E-state index in [1.165, 1.54) is 92.2 Å². The number of benzene rings is 6. The summed E-state index contributed by atoms with van der Waals surface area (Å²) in [6, 6.07) is 51.2. The van der Waals surface area contributed by atoms with Crippen molar-refractivity contribution in [3.63, 3.8) is 0 Å². The Kier molecular flexibility index (Phi) is 7.28. The van der Waals surface area contributed by atoms with E-state index in [1.54, 1.807) is 6.20 Å². The van der Waals surface area contributed by atoms with Crippen molar-refractivity contribution < 1.29 is 0 Å². The smallest absolute Gasteiger partial charge is 0.0725 e. The van der Waals surface area contributed by atoms with Crippen LogP contribution in [0.2, 0.25) is 0 Å². The third-order valence-electron chi connectivity index (χ3n) is 10.3. The molecule has 0 amide bonds. The molecule has 0 saturated heterocycles. The highest BCUT2D eigenvalue weighted by atomic mass is 14.7. The highest BCUT2D eigenvalue weighted by Crippen LogP contribution is 2.45. The quantitative estimate of drug-likeness (QED) is 0.180. The minimum Gasteiger partial charge on any atom is -0.264 e. The summed E-state index contributed by atoms with van der Waals surface area (Å²) in [5.74, 6) is 0.672. The van der Waals surface area contributed by atoms with Crippen LogP contribution in [0.4, 0.5) is 0 Å². The summed E-state index contributed by atoms with van der Waals surface area (Å²) in [4.78, 5) is 9.31.